The van der Waals surface area contributed by atoms with E-state index in [1.807, 2.05) is 0 Å². The SMILES string of the molecule is CCCc1nc(Cl)cc(NCC2CN(CC)CCO2)n1. The van der Waals surface area contributed by atoms with Crippen molar-refractivity contribution in [2.24, 2.45) is 0 Å². The molecular formula is C14H23ClN4O. The second-order valence-electron chi connectivity index (χ2n) is 5.01. The predicted octanol–water partition coefficient (Wildman–Crippen LogP) is 2.22. The molecule has 0 bridgehead atoms. The van der Waals surface area contributed by atoms with Gasteiger partial charge in [-0.15, -0.1) is 0 Å². The van der Waals surface area contributed by atoms with Gasteiger partial charge in [0.2, 0.25) is 0 Å². The van der Waals surface area contributed by atoms with Crippen molar-refractivity contribution in [1.29, 1.82) is 0 Å². The van der Waals surface area contributed by atoms with E-state index in [2.05, 4.69) is 34.0 Å². The number of aryl methyl sites for hydroxylation is 1. The van der Waals surface area contributed by atoms with Gasteiger partial charge in [-0.1, -0.05) is 25.4 Å². The van der Waals surface area contributed by atoms with Gasteiger partial charge in [-0.2, -0.15) is 0 Å². The molecule has 0 amide bonds. The zero-order valence-electron chi connectivity index (χ0n) is 12.2. The minimum Gasteiger partial charge on any atom is -0.374 e. The molecule has 1 aromatic rings. The minimum atomic E-state index is 0.201. The number of aromatic nitrogens is 2. The number of anilines is 1. The number of rotatable bonds is 6. The Morgan fingerprint density at radius 1 is 1.45 bits per heavy atom. The predicted molar refractivity (Wildman–Crippen MR) is 81.4 cm³/mol. The zero-order valence-corrected chi connectivity index (χ0v) is 13.0. The lowest BCUT2D eigenvalue weighted by molar-refractivity contribution is -0.0192. The van der Waals surface area contributed by atoms with Crippen molar-refractivity contribution in [2.45, 2.75) is 32.8 Å². The van der Waals surface area contributed by atoms with Crippen LogP contribution < -0.4 is 5.32 Å². The summed E-state index contributed by atoms with van der Waals surface area (Å²) in [4.78, 5) is 11.1. The van der Waals surface area contributed by atoms with Crippen LogP contribution >= 0.6 is 11.6 Å². The Kier molecular flexibility index (Phi) is 6.01. The van der Waals surface area contributed by atoms with Crippen LogP contribution in [0.3, 0.4) is 0 Å². The molecule has 2 rings (SSSR count). The lowest BCUT2D eigenvalue weighted by Gasteiger charge is -2.32. The third-order valence-electron chi connectivity index (χ3n) is 3.40. The molecule has 0 radical (unpaired) electrons. The average Bonchev–Trinajstić information content (AvgIpc) is 2.45. The number of nitrogens with zero attached hydrogens (tertiary/aromatic N) is 3. The van der Waals surface area contributed by atoms with E-state index in [0.717, 1.165) is 57.3 Å². The first-order valence-electron chi connectivity index (χ1n) is 7.32. The topological polar surface area (TPSA) is 50.3 Å². The summed E-state index contributed by atoms with van der Waals surface area (Å²) >= 11 is 6.02. The number of hydrogen-bond donors (Lipinski definition) is 1. The third-order valence-corrected chi connectivity index (χ3v) is 3.59. The zero-order chi connectivity index (χ0) is 14.4. The third kappa shape index (κ3) is 4.58. The fourth-order valence-corrected chi connectivity index (χ4v) is 2.50. The number of morpholine rings is 1. The Balaban J connectivity index is 1.89. The molecule has 1 saturated heterocycles. The molecule has 0 saturated carbocycles. The maximum atomic E-state index is 6.02. The number of likely N-dealkylation sites (N-methyl/N-ethyl adjacent to an activating group) is 1. The molecule has 1 N–H and O–H groups in total. The Morgan fingerprint density at radius 3 is 3.05 bits per heavy atom. The normalized spacial score (nSPS) is 20.1. The Bertz CT molecular complexity index is 430. The number of halogens is 1. The molecule has 1 atom stereocenters. The molecule has 5 nitrogen and oxygen atoms in total. The van der Waals surface area contributed by atoms with Crippen LogP contribution in [0.5, 0.6) is 0 Å². The first kappa shape index (κ1) is 15.5. The highest BCUT2D eigenvalue weighted by Crippen LogP contribution is 2.13. The van der Waals surface area contributed by atoms with Crippen LogP contribution in [0.15, 0.2) is 6.07 Å². The molecule has 112 valence electrons. The highest BCUT2D eigenvalue weighted by molar-refractivity contribution is 6.29. The quantitative estimate of drug-likeness (QED) is 0.816. The monoisotopic (exact) mass is 298 g/mol. The van der Waals surface area contributed by atoms with E-state index in [1.54, 1.807) is 6.07 Å². The van der Waals surface area contributed by atoms with Crippen molar-refractivity contribution in [1.82, 2.24) is 14.9 Å². The Labute approximate surface area is 125 Å². The van der Waals surface area contributed by atoms with Gasteiger partial charge in [-0.05, 0) is 13.0 Å². The molecule has 1 aliphatic heterocycles. The first-order valence-corrected chi connectivity index (χ1v) is 7.70. The van der Waals surface area contributed by atoms with Crippen LogP contribution in [-0.2, 0) is 11.2 Å². The molecule has 0 spiro atoms. The molecule has 0 aliphatic carbocycles. The number of hydrogen-bond acceptors (Lipinski definition) is 5. The molecular weight excluding hydrogens is 276 g/mol. The van der Waals surface area contributed by atoms with E-state index in [0.29, 0.717) is 5.15 Å². The van der Waals surface area contributed by atoms with Crippen LogP contribution in [-0.4, -0.2) is 53.8 Å². The summed E-state index contributed by atoms with van der Waals surface area (Å²) in [5.74, 6) is 1.58. The Hall–Kier alpha value is -0.910. The van der Waals surface area contributed by atoms with E-state index in [4.69, 9.17) is 16.3 Å². The fourth-order valence-electron chi connectivity index (χ4n) is 2.30. The lowest BCUT2D eigenvalue weighted by Crippen LogP contribution is -2.45. The van der Waals surface area contributed by atoms with Gasteiger partial charge in [-0.3, -0.25) is 4.90 Å². The molecule has 1 aliphatic rings. The Morgan fingerprint density at radius 2 is 2.30 bits per heavy atom. The number of ether oxygens (including phenoxy) is 1. The van der Waals surface area contributed by atoms with E-state index < -0.39 is 0 Å². The van der Waals surface area contributed by atoms with E-state index in [9.17, 15) is 0 Å². The molecule has 1 fully saturated rings. The molecule has 6 heteroatoms. The smallest absolute Gasteiger partial charge is 0.134 e. The maximum Gasteiger partial charge on any atom is 0.134 e. The van der Waals surface area contributed by atoms with Gasteiger partial charge < -0.3 is 10.1 Å². The summed E-state index contributed by atoms with van der Waals surface area (Å²) in [5.41, 5.74) is 0. The van der Waals surface area contributed by atoms with Gasteiger partial charge >= 0.3 is 0 Å². The van der Waals surface area contributed by atoms with Crippen LogP contribution in [0, 0.1) is 0 Å². The maximum absolute atomic E-state index is 6.02. The largest absolute Gasteiger partial charge is 0.374 e. The average molecular weight is 299 g/mol. The first-order chi connectivity index (χ1) is 9.71. The summed E-state index contributed by atoms with van der Waals surface area (Å²) in [7, 11) is 0. The van der Waals surface area contributed by atoms with E-state index >= 15 is 0 Å². The number of nitrogens with one attached hydrogen (secondary N) is 1. The fraction of sp³-hybridized carbons (Fsp3) is 0.714. The molecule has 0 aromatic carbocycles. The van der Waals surface area contributed by atoms with Gasteiger partial charge in [0.05, 0.1) is 12.7 Å². The van der Waals surface area contributed by atoms with Gasteiger partial charge in [0.15, 0.2) is 0 Å². The van der Waals surface area contributed by atoms with Crippen molar-refractivity contribution in [3.8, 4) is 0 Å². The highest BCUT2D eigenvalue weighted by Gasteiger charge is 2.19. The van der Waals surface area contributed by atoms with Gasteiger partial charge in [0, 0.05) is 32.1 Å². The summed E-state index contributed by atoms with van der Waals surface area (Å²) in [6.45, 7) is 8.88. The lowest BCUT2D eigenvalue weighted by atomic mass is 10.2. The van der Waals surface area contributed by atoms with Crippen molar-refractivity contribution >= 4 is 17.4 Å². The second-order valence-corrected chi connectivity index (χ2v) is 5.40. The van der Waals surface area contributed by atoms with Crippen LogP contribution in [0.1, 0.15) is 26.1 Å². The van der Waals surface area contributed by atoms with E-state index in [-0.39, 0.29) is 6.10 Å². The van der Waals surface area contributed by atoms with Crippen molar-refractivity contribution in [3.05, 3.63) is 17.0 Å². The van der Waals surface area contributed by atoms with E-state index in [1.165, 1.54) is 0 Å². The van der Waals surface area contributed by atoms with Crippen LogP contribution in [0.25, 0.3) is 0 Å². The van der Waals surface area contributed by atoms with Crippen molar-refractivity contribution in [2.75, 3.05) is 38.1 Å². The van der Waals surface area contributed by atoms with Gasteiger partial charge in [0.25, 0.3) is 0 Å². The van der Waals surface area contributed by atoms with Gasteiger partial charge in [0.1, 0.15) is 16.8 Å². The standard InChI is InChI=1S/C14H23ClN4O/c1-3-5-13-17-12(15)8-14(18-13)16-9-11-10-19(4-2)6-7-20-11/h8,11H,3-7,9-10H2,1-2H3,(H,16,17,18). The van der Waals surface area contributed by atoms with Crippen LogP contribution in [0.2, 0.25) is 5.15 Å². The van der Waals surface area contributed by atoms with Gasteiger partial charge in [-0.25, -0.2) is 9.97 Å². The summed E-state index contributed by atoms with van der Waals surface area (Å²) in [6, 6.07) is 1.77. The molecule has 20 heavy (non-hydrogen) atoms. The molecule has 2 heterocycles. The molecule has 1 unspecified atom stereocenters. The highest BCUT2D eigenvalue weighted by atomic mass is 35.5. The minimum absolute atomic E-state index is 0.201. The van der Waals surface area contributed by atoms with Crippen molar-refractivity contribution in [3.63, 3.8) is 0 Å². The second kappa shape index (κ2) is 7.76. The summed E-state index contributed by atoms with van der Waals surface area (Å²) in [6.07, 6.45) is 2.06. The summed E-state index contributed by atoms with van der Waals surface area (Å²) < 4.78 is 5.76. The summed E-state index contributed by atoms with van der Waals surface area (Å²) in [5, 5.41) is 3.80. The van der Waals surface area contributed by atoms with Crippen LogP contribution in [0.4, 0.5) is 5.82 Å². The molecule has 1 aromatic heterocycles. The van der Waals surface area contributed by atoms with Crippen molar-refractivity contribution < 1.29 is 4.74 Å².